The molecule has 1 fully saturated rings. The second-order valence-corrected chi connectivity index (χ2v) is 11.6. The number of nitriles is 2. The van der Waals surface area contributed by atoms with E-state index in [1.165, 1.54) is 6.20 Å². The van der Waals surface area contributed by atoms with E-state index in [2.05, 4.69) is 17.1 Å². The Morgan fingerprint density at radius 2 is 1.79 bits per heavy atom. The highest BCUT2D eigenvalue weighted by Crippen LogP contribution is 2.37. The van der Waals surface area contributed by atoms with Gasteiger partial charge in [-0.1, -0.05) is 30.7 Å². The van der Waals surface area contributed by atoms with Crippen LogP contribution >= 0.6 is 0 Å². The third-order valence-corrected chi connectivity index (χ3v) is 8.45. The standard InChI is InChI=1S/C37H34N4O6/c1-24-13-29(21-41-10-3-2-7-32(41)37(42)43)35(46-22-26-14-25(17-38)19-40-20-26)16-34(24)47-23-28-5-4-6-30(31(28)18-39)27-8-9-33-36(15-27)45-12-11-44-33/h4-6,8-9,13-16,19-20,32H,2-3,7,10-12,21-23H2,1H3,(H,42,43). The molecular formula is C37H34N4O6. The molecule has 1 unspecified atom stereocenters. The van der Waals surface area contributed by atoms with E-state index in [-0.39, 0.29) is 13.2 Å². The fourth-order valence-electron chi connectivity index (χ4n) is 6.07. The highest BCUT2D eigenvalue weighted by atomic mass is 16.6. The lowest BCUT2D eigenvalue weighted by Gasteiger charge is -2.33. The first-order valence-electron chi connectivity index (χ1n) is 15.6. The predicted molar refractivity (Wildman–Crippen MR) is 172 cm³/mol. The zero-order valence-electron chi connectivity index (χ0n) is 26.1. The van der Waals surface area contributed by atoms with E-state index in [0.717, 1.165) is 46.2 Å². The number of pyridine rings is 1. The molecule has 0 aliphatic carbocycles. The van der Waals surface area contributed by atoms with Crippen LogP contribution in [0.2, 0.25) is 0 Å². The molecule has 1 aromatic heterocycles. The summed E-state index contributed by atoms with van der Waals surface area (Å²) in [5.74, 6) is 1.64. The van der Waals surface area contributed by atoms with Crippen molar-refractivity contribution in [2.24, 2.45) is 0 Å². The van der Waals surface area contributed by atoms with Crippen molar-refractivity contribution in [3.63, 3.8) is 0 Å². The maximum Gasteiger partial charge on any atom is 0.320 e. The third kappa shape index (κ3) is 7.14. The number of carbonyl (C=O) groups is 1. The molecule has 3 heterocycles. The summed E-state index contributed by atoms with van der Waals surface area (Å²) >= 11 is 0. The molecule has 4 aromatic rings. The van der Waals surface area contributed by atoms with Gasteiger partial charge in [0, 0.05) is 41.7 Å². The van der Waals surface area contributed by atoms with Crippen molar-refractivity contribution in [1.82, 2.24) is 9.88 Å². The number of carboxylic acids is 1. The minimum absolute atomic E-state index is 0.141. The highest BCUT2D eigenvalue weighted by Gasteiger charge is 2.29. The number of hydrogen-bond acceptors (Lipinski definition) is 9. The van der Waals surface area contributed by atoms with Crippen molar-refractivity contribution in [3.8, 4) is 46.3 Å². The monoisotopic (exact) mass is 630 g/mol. The summed E-state index contributed by atoms with van der Waals surface area (Å²) in [6, 6.07) is 20.8. The van der Waals surface area contributed by atoms with Gasteiger partial charge in [-0.2, -0.15) is 10.5 Å². The van der Waals surface area contributed by atoms with Crippen molar-refractivity contribution >= 4 is 5.97 Å². The van der Waals surface area contributed by atoms with E-state index in [1.54, 1.807) is 12.3 Å². The fraction of sp³-hybridized carbons (Fsp3) is 0.297. The second-order valence-electron chi connectivity index (χ2n) is 11.6. The largest absolute Gasteiger partial charge is 0.488 e. The number of ether oxygens (including phenoxy) is 4. The number of nitrogens with zero attached hydrogens (tertiary/aromatic N) is 4. The number of aryl methyl sites for hydroxylation is 1. The number of likely N-dealkylation sites (tertiary alicyclic amines) is 1. The van der Waals surface area contributed by atoms with Gasteiger partial charge in [-0.05, 0) is 67.3 Å². The number of benzene rings is 3. The molecule has 3 aromatic carbocycles. The molecular weight excluding hydrogens is 596 g/mol. The lowest BCUT2D eigenvalue weighted by atomic mass is 9.96. The van der Waals surface area contributed by atoms with Gasteiger partial charge in [0.1, 0.15) is 56.1 Å². The summed E-state index contributed by atoms with van der Waals surface area (Å²) in [5.41, 5.74) is 5.70. The van der Waals surface area contributed by atoms with E-state index in [9.17, 15) is 20.4 Å². The summed E-state index contributed by atoms with van der Waals surface area (Å²) < 4.78 is 24.1. The third-order valence-electron chi connectivity index (χ3n) is 8.45. The molecule has 0 saturated carbocycles. The Bertz CT molecular complexity index is 1880. The second kappa shape index (κ2) is 14.2. The Balaban J connectivity index is 1.27. The molecule has 1 atom stereocenters. The average molecular weight is 631 g/mol. The zero-order valence-corrected chi connectivity index (χ0v) is 26.1. The summed E-state index contributed by atoms with van der Waals surface area (Å²) in [6.07, 6.45) is 5.55. The molecule has 47 heavy (non-hydrogen) atoms. The minimum atomic E-state index is -0.824. The first kappa shape index (κ1) is 31.4. The van der Waals surface area contributed by atoms with Crippen LogP contribution in [0.15, 0.2) is 67.0 Å². The highest BCUT2D eigenvalue weighted by molar-refractivity contribution is 5.75. The number of fused-ring (bicyclic) bond motifs is 1. The number of carboxylic acid groups (broad SMARTS) is 1. The van der Waals surface area contributed by atoms with Crippen molar-refractivity contribution in [3.05, 3.63) is 100 Å². The molecule has 1 saturated heterocycles. The molecule has 0 bridgehead atoms. The van der Waals surface area contributed by atoms with E-state index in [0.29, 0.717) is 66.8 Å². The molecule has 0 radical (unpaired) electrons. The maximum absolute atomic E-state index is 12.0. The van der Waals surface area contributed by atoms with Crippen LogP contribution in [0.3, 0.4) is 0 Å². The normalized spacial score (nSPS) is 15.7. The van der Waals surface area contributed by atoms with Gasteiger partial charge < -0.3 is 24.1 Å². The number of aliphatic carboxylic acids is 1. The SMILES string of the molecule is Cc1cc(CN2CCCCC2C(=O)O)c(OCc2cncc(C#N)c2)cc1OCc1cccc(-c2ccc3c(c2)OCCO3)c1C#N. The Hall–Kier alpha value is -5.58. The average Bonchev–Trinajstić information content (AvgIpc) is 3.10. The van der Waals surface area contributed by atoms with Crippen LogP contribution in [-0.4, -0.2) is 46.8 Å². The predicted octanol–water partition coefficient (Wildman–Crippen LogP) is 6.17. The Morgan fingerprint density at radius 3 is 2.60 bits per heavy atom. The van der Waals surface area contributed by atoms with Crippen LogP contribution in [0, 0.1) is 29.6 Å². The molecule has 238 valence electrons. The van der Waals surface area contributed by atoms with Gasteiger partial charge in [0.2, 0.25) is 0 Å². The summed E-state index contributed by atoms with van der Waals surface area (Å²) in [7, 11) is 0. The van der Waals surface area contributed by atoms with Crippen molar-refractivity contribution in [1.29, 1.82) is 10.5 Å². The smallest absolute Gasteiger partial charge is 0.320 e. The molecule has 2 aliphatic heterocycles. The van der Waals surface area contributed by atoms with Crippen LogP contribution in [0.4, 0.5) is 0 Å². The molecule has 1 N–H and O–H groups in total. The molecule has 0 amide bonds. The van der Waals surface area contributed by atoms with Gasteiger partial charge in [0.15, 0.2) is 11.5 Å². The van der Waals surface area contributed by atoms with Crippen molar-refractivity contribution < 1.29 is 28.8 Å². The number of rotatable bonds is 10. The van der Waals surface area contributed by atoms with Crippen molar-refractivity contribution in [2.75, 3.05) is 19.8 Å². The molecule has 2 aliphatic rings. The quantitative estimate of drug-likeness (QED) is 0.217. The Kier molecular flexibility index (Phi) is 9.51. The summed E-state index contributed by atoms with van der Waals surface area (Å²) in [6.45, 7) is 4.30. The van der Waals surface area contributed by atoms with Crippen LogP contribution in [0.25, 0.3) is 11.1 Å². The number of aromatic nitrogens is 1. The topological polar surface area (TPSA) is 138 Å². The molecule has 6 rings (SSSR count). The first-order chi connectivity index (χ1) is 22.9. The van der Waals surface area contributed by atoms with E-state index >= 15 is 0 Å². The van der Waals surface area contributed by atoms with Crippen LogP contribution in [0.1, 0.15) is 52.6 Å². The number of piperidine rings is 1. The van der Waals surface area contributed by atoms with E-state index in [1.807, 2.05) is 60.4 Å². The summed E-state index contributed by atoms with van der Waals surface area (Å²) in [5, 5.41) is 29.4. The van der Waals surface area contributed by atoms with Crippen LogP contribution < -0.4 is 18.9 Å². The van der Waals surface area contributed by atoms with E-state index < -0.39 is 12.0 Å². The van der Waals surface area contributed by atoms with Crippen molar-refractivity contribution in [2.45, 2.75) is 52.0 Å². The van der Waals surface area contributed by atoms with Gasteiger partial charge in [-0.25, -0.2) is 0 Å². The minimum Gasteiger partial charge on any atom is -0.488 e. The first-order valence-corrected chi connectivity index (χ1v) is 15.6. The zero-order chi connectivity index (χ0) is 32.8. The van der Waals surface area contributed by atoms with Gasteiger partial charge in [0.25, 0.3) is 0 Å². The van der Waals surface area contributed by atoms with E-state index in [4.69, 9.17) is 18.9 Å². The molecule has 10 nitrogen and oxygen atoms in total. The Labute approximate surface area is 273 Å². The molecule has 0 spiro atoms. The van der Waals surface area contributed by atoms with Gasteiger partial charge >= 0.3 is 5.97 Å². The van der Waals surface area contributed by atoms with Crippen LogP contribution in [0.5, 0.6) is 23.0 Å². The van der Waals surface area contributed by atoms with Gasteiger partial charge in [-0.3, -0.25) is 14.7 Å². The summed E-state index contributed by atoms with van der Waals surface area (Å²) in [4.78, 5) is 18.1. The molecule has 10 heteroatoms. The lowest BCUT2D eigenvalue weighted by Crippen LogP contribution is -2.44. The number of hydrogen-bond donors (Lipinski definition) is 1. The Morgan fingerprint density at radius 1 is 0.957 bits per heavy atom. The lowest BCUT2D eigenvalue weighted by molar-refractivity contribution is -0.144. The fourth-order valence-corrected chi connectivity index (χ4v) is 6.07. The van der Waals surface area contributed by atoms with Gasteiger partial charge in [-0.15, -0.1) is 0 Å². The van der Waals surface area contributed by atoms with Crippen LogP contribution in [-0.2, 0) is 24.6 Å². The van der Waals surface area contributed by atoms with Gasteiger partial charge in [0.05, 0.1) is 11.1 Å². The maximum atomic E-state index is 12.0.